The van der Waals surface area contributed by atoms with Gasteiger partial charge in [0.1, 0.15) is 5.76 Å². The number of furan rings is 1. The number of morpholine rings is 1. The number of carboxylic acid groups (broad SMARTS) is 1. The van der Waals surface area contributed by atoms with Crippen LogP contribution in [0, 0.1) is 0 Å². The fourth-order valence-corrected chi connectivity index (χ4v) is 5.97. The Morgan fingerprint density at radius 1 is 0.909 bits per heavy atom. The molecule has 1 aromatic heterocycles. The van der Waals surface area contributed by atoms with E-state index in [2.05, 4.69) is 17.0 Å². The first-order chi connectivity index (χ1) is 15.9. The van der Waals surface area contributed by atoms with E-state index < -0.39 is 22.0 Å². The zero-order valence-electron chi connectivity index (χ0n) is 17.9. The van der Waals surface area contributed by atoms with Crippen LogP contribution in [0.15, 0.2) is 70.2 Å². The van der Waals surface area contributed by atoms with Crippen LogP contribution in [0.2, 0.25) is 0 Å². The topological polar surface area (TPSA) is 100 Å². The summed E-state index contributed by atoms with van der Waals surface area (Å²) >= 11 is 0. The SMILES string of the molecule is O=C(O)C1c2occc2CCN1S(=O)(=O)c1ccc(-c2ccc(N3CCOCC3)cc2)cc1. The number of benzene rings is 2. The molecule has 172 valence electrons. The Morgan fingerprint density at radius 3 is 2.18 bits per heavy atom. The van der Waals surface area contributed by atoms with Gasteiger partial charge in [-0.1, -0.05) is 24.3 Å². The molecule has 3 aromatic rings. The number of hydrogen-bond donors (Lipinski definition) is 1. The average molecular weight is 469 g/mol. The van der Waals surface area contributed by atoms with Crippen LogP contribution in [0.3, 0.4) is 0 Å². The van der Waals surface area contributed by atoms with E-state index >= 15 is 0 Å². The summed E-state index contributed by atoms with van der Waals surface area (Å²) in [5.74, 6) is -1.08. The number of carbonyl (C=O) groups is 1. The van der Waals surface area contributed by atoms with Gasteiger partial charge in [0.15, 0.2) is 6.04 Å². The Balaban J connectivity index is 1.38. The second kappa shape index (κ2) is 8.66. The number of aliphatic carboxylic acids is 1. The van der Waals surface area contributed by atoms with Crippen molar-refractivity contribution >= 4 is 21.7 Å². The number of ether oxygens (including phenoxy) is 1. The summed E-state index contributed by atoms with van der Waals surface area (Å²) in [6.07, 6.45) is 1.80. The van der Waals surface area contributed by atoms with Crippen molar-refractivity contribution in [2.24, 2.45) is 0 Å². The Morgan fingerprint density at radius 2 is 1.55 bits per heavy atom. The Hall–Kier alpha value is -3.14. The molecule has 0 saturated carbocycles. The maximum atomic E-state index is 13.3. The van der Waals surface area contributed by atoms with Crippen molar-refractivity contribution in [3.63, 3.8) is 0 Å². The zero-order valence-corrected chi connectivity index (χ0v) is 18.7. The van der Waals surface area contributed by atoms with Crippen molar-refractivity contribution in [3.05, 3.63) is 72.2 Å². The minimum absolute atomic E-state index is 0.0532. The number of rotatable bonds is 5. The highest BCUT2D eigenvalue weighted by Crippen LogP contribution is 2.35. The lowest BCUT2D eigenvalue weighted by Crippen LogP contribution is -2.43. The van der Waals surface area contributed by atoms with E-state index in [0.29, 0.717) is 6.42 Å². The molecule has 1 unspecified atom stereocenters. The van der Waals surface area contributed by atoms with Crippen molar-refractivity contribution in [1.29, 1.82) is 0 Å². The van der Waals surface area contributed by atoms with Crippen LogP contribution in [0.25, 0.3) is 11.1 Å². The van der Waals surface area contributed by atoms with E-state index in [0.717, 1.165) is 53.0 Å². The fourth-order valence-electron chi connectivity index (χ4n) is 4.42. The largest absolute Gasteiger partial charge is 0.480 e. The number of sulfonamides is 1. The number of hydrogen-bond acceptors (Lipinski definition) is 6. The number of anilines is 1. The van der Waals surface area contributed by atoms with E-state index in [1.54, 1.807) is 18.2 Å². The monoisotopic (exact) mass is 468 g/mol. The summed E-state index contributed by atoms with van der Waals surface area (Å²) in [6, 6.07) is 15.0. The van der Waals surface area contributed by atoms with Gasteiger partial charge < -0.3 is 19.2 Å². The maximum absolute atomic E-state index is 13.3. The highest BCUT2D eigenvalue weighted by molar-refractivity contribution is 7.89. The van der Waals surface area contributed by atoms with Gasteiger partial charge in [-0.25, -0.2) is 13.2 Å². The highest BCUT2D eigenvalue weighted by Gasteiger charge is 2.42. The van der Waals surface area contributed by atoms with Crippen LogP contribution in [0.1, 0.15) is 17.4 Å². The molecule has 0 aliphatic carbocycles. The predicted octanol–water partition coefficient (Wildman–Crippen LogP) is 3.16. The van der Waals surface area contributed by atoms with Gasteiger partial charge in [-0.15, -0.1) is 0 Å². The van der Waals surface area contributed by atoms with Crippen molar-refractivity contribution in [3.8, 4) is 11.1 Å². The molecule has 1 fully saturated rings. The Bertz CT molecular complexity index is 1240. The van der Waals surface area contributed by atoms with Crippen molar-refractivity contribution in [1.82, 2.24) is 4.31 Å². The molecule has 0 radical (unpaired) electrons. The zero-order chi connectivity index (χ0) is 23.0. The fraction of sp³-hybridized carbons (Fsp3) is 0.292. The molecule has 2 aromatic carbocycles. The lowest BCUT2D eigenvalue weighted by atomic mass is 10.0. The first-order valence-electron chi connectivity index (χ1n) is 10.8. The van der Waals surface area contributed by atoms with Gasteiger partial charge in [-0.3, -0.25) is 0 Å². The quantitative estimate of drug-likeness (QED) is 0.614. The number of carboxylic acids is 1. The van der Waals surface area contributed by atoms with E-state index in [-0.39, 0.29) is 17.2 Å². The average Bonchev–Trinajstić information content (AvgIpc) is 3.33. The molecule has 0 bridgehead atoms. The van der Waals surface area contributed by atoms with Crippen LogP contribution in [-0.2, 0) is 26.0 Å². The third kappa shape index (κ3) is 4.03. The summed E-state index contributed by atoms with van der Waals surface area (Å²) in [5.41, 5.74) is 3.70. The van der Waals surface area contributed by atoms with Crippen LogP contribution in [0.4, 0.5) is 5.69 Å². The van der Waals surface area contributed by atoms with Gasteiger partial charge in [-0.2, -0.15) is 4.31 Å². The van der Waals surface area contributed by atoms with E-state index in [9.17, 15) is 18.3 Å². The molecule has 2 aliphatic rings. The van der Waals surface area contributed by atoms with Crippen LogP contribution in [0.5, 0.6) is 0 Å². The van der Waals surface area contributed by atoms with E-state index in [4.69, 9.17) is 9.15 Å². The van der Waals surface area contributed by atoms with Crippen LogP contribution >= 0.6 is 0 Å². The second-order valence-electron chi connectivity index (χ2n) is 8.09. The van der Waals surface area contributed by atoms with Crippen molar-refractivity contribution in [2.45, 2.75) is 17.4 Å². The molecular formula is C24H24N2O6S. The van der Waals surface area contributed by atoms with Gasteiger partial charge in [0.25, 0.3) is 0 Å². The molecule has 0 amide bonds. The summed E-state index contributed by atoms with van der Waals surface area (Å²) in [7, 11) is -4.02. The molecule has 0 spiro atoms. The number of fused-ring (bicyclic) bond motifs is 1. The standard InChI is InChI=1S/C24H24N2O6S/c27-24(28)22-23-19(10-14-32-23)9-11-26(22)33(29,30)21-7-3-18(4-8-21)17-1-5-20(6-2-17)25-12-15-31-16-13-25/h1-8,10,14,22H,9,11-13,15-16H2,(H,27,28). The second-order valence-corrected chi connectivity index (χ2v) is 9.98. The third-order valence-corrected chi connectivity index (χ3v) is 8.07. The van der Waals surface area contributed by atoms with Crippen LogP contribution < -0.4 is 4.90 Å². The first-order valence-corrected chi connectivity index (χ1v) is 12.2. The van der Waals surface area contributed by atoms with Gasteiger partial charge in [0, 0.05) is 25.3 Å². The molecule has 1 N–H and O–H groups in total. The van der Waals surface area contributed by atoms with E-state index in [1.165, 1.54) is 18.4 Å². The molecule has 5 rings (SSSR count). The van der Waals surface area contributed by atoms with Gasteiger partial charge in [0.05, 0.1) is 24.4 Å². The van der Waals surface area contributed by atoms with Crippen molar-refractivity contribution in [2.75, 3.05) is 37.7 Å². The van der Waals surface area contributed by atoms with Gasteiger partial charge in [0.2, 0.25) is 10.0 Å². The summed E-state index contributed by atoms with van der Waals surface area (Å²) in [4.78, 5) is 14.2. The third-order valence-electron chi connectivity index (χ3n) is 6.19. The summed E-state index contributed by atoms with van der Waals surface area (Å²) in [5, 5.41) is 9.72. The predicted molar refractivity (Wildman–Crippen MR) is 122 cm³/mol. The molecule has 1 saturated heterocycles. The smallest absolute Gasteiger partial charge is 0.329 e. The molecule has 33 heavy (non-hydrogen) atoms. The maximum Gasteiger partial charge on any atom is 0.329 e. The molecular weight excluding hydrogens is 444 g/mol. The Labute approximate surface area is 192 Å². The minimum atomic E-state index is -4.02. The minimum Gasteiger partial charge on any atom is -0.480 e. The summed E-state index contributed by atoms with van der Waals surface area (Å²) < 4.78 is 38.3. The van der Waals surface area contributed by atoms with Crippen LogP contribution in [-0.4, -0.2) is 56.6 Å². The van der Waals surface area contributed by atoms with Gasteiger partial charge in [-0.05, 0) is 53.4 Å². The number of nitrogens with zero attached hydrogens (tertiary/aromatic N) is 2. The molecule has 3 heterocycles. The lowest BCUT2D eigenvalue weighted by Gasteiger charge is -2.31. The molecule has 9 heteroatoms. The van der Waals surface area contributed by atoms with Crippen molar-refractivity contribution < 1.29 is 27.5 Å². The highest BCUT2D eigenvalue weighted by atomic mass is 32.2. The molecule has 2 aliphatic heterocycles. The summed E-state index contributed by atoms with van der Waals surface area (Å²) in [6.45, 7) is 3.24. The lowest BCUT2D eigenvalue weighted by molar-refractivity contribution is -0.142. The molecule has 8 nitrogen and oxygen atoms in total. The molecule has 1 atom stereocenters. The normalized spacial score (nSPS) is 19.3. The van der Waals surface area contributed by atoms with E-state index in [1.807, 2.05) is 12.1 Å². The van der Waals surface area contributed by atoms with Gasteiger partial charge >= 0.3 is 5.97 Å². The Kier molecular flexibility index (Phi) is 5.69. The first kappa shape index (κ1) is 21.7.